The molecular formula is C11H13N3S. The van der Waals surface area contributed by atoms with Crippen molar-refractivity contribution >= 4 is 11.8 Å². The third-order valence-corrected chi connectivity index (χ3v) is 4.00. The number of nitrogens with zero attached hydrogens (tertiary/aromatic N) is 3. The van der Waals surface area contributed by atoms with E-state index >= 15 is 0 Å². The van der Waals surface area contributed by atoms with E-state index in [1.165, 1.54) is 12.8 Å². The van der Waals surface area contributed by atoms with Gasteiger partial charge in [-0.3, -0.25) is 4.98 Å². The molecule has 78 valence electrons. The molecule has 0 aliphatic heterocycles. The summed E-state index contributed by atoms with van der Waals surface area (Å²) in [5.74, 6) is 0.186. The molecule has 15 heavy (non-hydrogen) atoms. The van der Waals surface area contributed by atoms with Crippen LogP contribution >= 0.6 is 11.8 Å². The second kappa shape index (κ2) is 5.13. The number of thioether (sulfide) groups is 1. The van der Waals surface area contributed by atoms with Gasteiger partial charge in [-0.05, 0) is 12.8 Å². The van der Waals surface area contributed by atoms with Crippen LogP contribution in [0.25, 0.3) is 0 Å². The van der Waals surface area contributed by atoms with Crippen LogP contribution in [0.3, 0.4) is 0 Å². The molecule has 2 unspecified atom stereocenters. The highest BCUT2D eigenvalue weighted by molar-refractivity contribution is 7.99. The molecule has 0 amide bonds. The summed E-state index contributed by atoms with van der Waals surface area (Å²) in [6, 6.07) is 2.41. The SMILES string of the molecule is N#CC1CCCCC1Sc1cnccn1. The Hall–Kier alpha value is -1.08. The highest BCUT2D eigenvalue weighted by Crippen LogP contribution is 2.35. The summed E-state index contributed by atoms with van der Waals surface area (Å²) >= 11 is 1.70. The predicted molar refractivity (Wildman–Crippen MR) is 59.2 cm³/mol. The summed E-state index contributed by atoms with van der Waals surface area (Å²) in [6.45, 7) is 0. The Balaban J connectivity index is 2.01. The smallest absolute Gasteiger partial charge is 0.115 e. The van der Waals surface area contributed by atoms with Gasteiger partial charge in [0.25, 0.3) is 0 Å². The van der Waals surface area contributed by atoms with Gasteiger partial charge in [-0.15, -0.1) is 11.8 Å². The standard InChI is InChI=1S/C11H13N3S/c12-7-9-3-1-2-4-10(9)15-11-8-13-5-6-14-11/h5-6,8-10H,1-4H2. The summed E-state index contributed by atoms with van der Waals surface area (Å²) in [5.41, 5.74) is 0. The van der Waals surface area contributed by atoms with Crippen molar-refractivity contribution < 1.29 is 0 Å². The summed E-state index contributed by atoms with van der Waals surface area (Å²) < 4.78 is 0. The van der Waals surface area contributed by atoms with Crippen LogP contribution in [-0.2, 0) is 0 Å². The van der Waals surface area contributed by atoms with E-state index in [1.807, 2.05) is 0 Å². The third-order valence-electron chi connectivity index (χ3n) is 2.68. The molecular weight excluding hydrogens is 206 g/mol. The topological polar surface area (TPSA) is 49.6 Å². The molecule has 1 fully saturated rings. The van der Waals surface area contributed by atoms with Crippen LogP contribution in [0.2, 0.25) is 0 Å². The maximum atomic E-state index is 9.04. The minimum Gasteiger partial charge on any atom is -0.260 e. The van der Waals surface area contributed by atoms with E-state index in [1.54, 1.807) is 30.4 Å². The Kier molecular flexibility index (Phi) is 3.57. The second-order valence-electron chi connectivity index (χ2n) is 3.72. The molecule has 0 radical (unpaired) electrons. The van der Waals surface area contributed by atoms with Crippen molar-refractivity contribution in [1.29, 1.82) is 5.26 Å². The average Bonchev–Trinajstić information content (AvgIpc) is 2.31. The van der Waals surface area contributed by atoms with E-state index in [0.29, 0.717) is 5.25 Å². The number of hydrogen-bond acceptors (Lipinski definition) is 4. The highest BCUT2D eigenvalue weighted by atomic mass is 32.2. The normalized spacial score (nSPS) is 25.8. The summed E-state index contributed by atoms with van der Waals surface area (Å²) in [4.78, 5) is 8.27. The van der Waals surface area contributed by atoms with Gasteiger partial charge < -0.3 is 0 Å². The molecule has 1 aliphatic rings. The first kappa shape index (κ1) is 10.4. The van der Waals surface area contributed by atoms with Crippen LogP contribution in [0.15, 0.2) is 23.6 Å². The molecule has 4 heteroatoms. The highest BCUT2D eigenvalue weighted by Gasteiger charge is 2.26. The minimum absolute atomic E-state index is 0.186. The quantitative estimate of drug-likeness (QED) is 0.767. The fourth-order valence-corrected chi connectivity index (χ4v) is 3.09. The van der Waals surface area contributed by atoms with Crippen LogP contribution in [0.1, 0.15) is 25.7 Å². The molecule has 0 aromatic carbocycles. The summed E-state index contributed by atoms with van der Waals surface area (Å²) in [6.07, 6.45) is 9.73. The maximum absolute atomic E-state index is 9.04. The Morgan fingerprint density at radius 3 is 2.93 bits per heavy atom. The van der Waals surface area contributed by atoms with Gasteiger partial charge in [0.05, 0.1) is 18.2 Å². The van der Waals surface area contributed by atoms with Crippen LogP contribution in [-0.4, -0.2) is 15.2 Å². The molecule has 0 bridgehead atoms. The van der Waals surface area contributed by atoms with Crippen LogP contribution in [0.4, 0.5) is 0 Å². The Bertz CT molecular complexity index is 347. The third kappa shape index (κ3) is 2.69. The monoisotopic (exact) mass is 219 g/mol. The number of nitriles is 1. The number of aromatic nitrogens is 2. The van der Waals surface area contributed by atoms with Gasteiger partial charge in [-0.2, -0.15) is 5.26 Å². The zero-order chi connectivity index (χ0) is 10.5. The molecule has 3 nitrogen and oxygen atoms in total. The number of hydrogen-bond donors (Lipinski definition) is 0. The van der Waals surface area contributed by atoms with Crippen molar-refractivity contribution in [3.63, 3.8) is 0 Å². The van der Waals surface area contributed by atoms with Gasteiger partial charge in [0.15, 0.2) is 0 Å². The van der Waals surface area contributed by atoms with Gasteiger partial charge in [0.2, 0.25) is 0 Å². The van der Waals surface area contributed by atoms with Gasteiger partial charge in [-0.25, -0.2) is 4.98 Å². The lowest BCUT2D eigenvalue weighted by atomic mass is 9.90. The van der Waals surface area contributed by atoms with Crippen LogP contribution < -0.4 is 0 Å². The lowest BCUT2D eigenvalue weighted by Crippen LogP contribution is -2.20. The fraction of sp³-hybridized carbons (Fsp3) is 0.545. The molecule has 1 aromatic rings. The van der Waals surface area contributed by atoms with E-state index in [-0.39, 0.29) is 5.92 Å². The van der Waals surface area contributed by atoms with Gasteiger partial charge in [-0.1, -0.05) is 12.8 Å². The minimum atomic E-state index is 0.186. The van der Waals surface area contributed by atoms with E-state index in [4.69, 9.17) is 5.26 Å². The van der Waals surface area contributed by atoms with Crippen molar-refractivity contribution in [2.75, 3.05) is 0 Å². The first-order valence-electron chi connectivity index (χ1n) is 5.22. The Morgan fingerprint density at radius 1 is 1.33 bits per heavy atom. The maximum Gasteiger partial charge on any atom is 0.115 e. The lowest BCUT2D eigenvalue weighted by Gasteiger charge is -2.25. The van der Waals surface area contributed by atoms with Gasteiger partial charge in [0, 0.05) is 17.6 Å². The summed E-state index contributed by atoms with van der Waals surface area (Å²) in [7, 11) is 0. The van der Waals surface area contributed by atoms with Crippen molar-refractivity contribution in [1.82, 2.24) is 9.97 Å². The Morgan fingerprint density at radius 2 is 2.20 bits per heavy atom. The molecule has 0 N–H and O–H groups in total. The van der Waals surface area contributed by atoms with Crippen LogP contribution in [0.5, 0.6) is 0 Å². The van der Waals surface area contributed by atoms with Crippen molar-refractivity contribution in [2.45, 2.75) is 36.0 Å². The molecule has 0 spiro atoms. The Labute approximate surface area is 93.9 Å². The van der Waals surface area contributed by atoms with Crippen LogP contribution in [0, 0.1) is 17.2 Å². The molecule has 1 aromatic heterocycles. The van der Waals surface area contributed by atoms with Gasteiger partial charge >= 0.3 is 0 Å². The largest absolute Gasteiger partial charge is 0.260 e. The fourth-order valence-electron chi connectivity index (χ4n) is 1.89. The van der Waals surface area contributed by atoms with Crippen molar-refractivity contribution in [3.05, 3.63) is 18.6 Å². The molecule has 1 aliphatic carbocycles. The summed E-state index contributed by atoms with van der Waals surface area (Å²) in [5, 5.41) is 10.4. The molecule has 1 saturated carbocycles. The molecule has 1 heterocycles. The first-order chi connectivity index (χ1) is 7.40. The van der Waals surface area contributed by atoms with Crippen molar-refractivity contribution in [2.24, 2.45) is 5.92 Å². The zero-order valence-electron chi connectivity index (χ0n) is 8.47. The molecule has 2 atom stereocenters. The predicted octanol–water partition coefficient (Wildman–Crippen LogP) is 2.65. The van der Waals surface area contributed by atoms with E-state index in [2.05, 4.69) is 16.0 Å². The van der Waals surface area contributed by atoms with E-state index in [0.717, 1.165) is 17.9 Å². The van der Waals surface area contributed by atoms with E-state index < -0.39 is 0 Å². The van der Waals surface area contributed by atoms with Crippen molar-refractivity contribution in [3.8, 4) is 6.07 Å². The molecule has 0 saturated heterocycles. The second-order valence-corrected chi connectivity index (χ2v) is 4.98. The lowest BCUT2D eigenvalue weighted by molar-refractivity contribution is 0.439. The van der Waals surface area contributed by atoms with Gasteiger partial charge in [0.1, 0.15) is 5.03 Å². The van der Waals surface area contributed by atoms with E-state index in [9.17, 15) is 0 Å². The number of rotatable bonds is 2. The zero-order valence-corrected chi connectivity index (χ0v) is 9.28. The first-order valence-corrected chi connectivity index (χ1v) is 6.10. The molecule has 2 rings (SSSR count). The average molecular weight is 219 g/mol.